The summed E-state index contributed by atoms with van der Waals surface area (Å²) < 4.78 is 0.622. The Morgan fingerprint density at radius 3 is 2.36 bits per heavy atom. The molecule has 1 amide bonds. The van der Waals surface area contributed by atoms with Crippen LogP contribution >= 0.6 is 15.9 Å². The Hall–Kier alpha value is -1.84. The van der Waals surface area contributed by atoms with Gasteiger partial charge in [-0.05, 0) is 79.1 Å². The number of amides is 1. The standard InChI is InChI=1S/C28H38BrN5O5/c1-2-3-4-5-10-34(25-23(29)17-31-24(16-30)32-25)33-26(35)20-6-8-27(9-7-20)36-38-28(39-37-27)21-12-18-11-19(14-21)15-22(28)13-18/h17-22H,2-15H2,1H3,(H,33,35). The summed E-state index contributed by atoms with van der Waals surface area (Å²) in [6.07, 6.45) is 13.8. The molecule has 5 aliphatic carbocycles. The molecule has 0 aromatic carbocycles. The van der Waals surface area contributed by atoms with E-state index < -0.39 is 11.6 Å². The summed E-state index contributed by atoms with van der Waals surface area (Å²) in [5.74, 6) is 0.759. The highest BCUT2D eigenvalue weighted by atomic mass is 79.9. The van der Waals surface area contributed by atoms with Gasteiger partial charge < -0.3 is 0 Å². The van der Waals surface area contributed by atoms with E-state index in [1.165, 1.54) is 6.42 Å². The van der Waals surface area contributed by atoms with Crippen molar-refractivity contribution in [2.75, 3.05) is 11.6 Å². The normalized spacial score (nSPS) is 36.7. The third-order valence-electron chi connectivity index (χ3n) is 9.60. The summed E-state index contributed by atoms with van der Waals surface area (Å²) in [5.41, 5.74) is 3.07. The van der Waals surface area contributed by atoms with E-state index in [9.17, 15) is 10.1 Å². The van der Waals surface area contributed by atoms with Gasteiger partial charge in [-0.1, -0.05) is 26.2 Å². The molecule has 10 nitrogen and oxygen atoms in total. The Kier molecular flexibility index (Phi) is 7.85. The predicted molar refractivity (Wildman–Crippen MR) is 143 cm³/mol. The van der Waals surface area contributed by atoms with Gasteiger partial charge in [-0.2, -0.15) is 29.8 Å². The molecule has 0 atom stereocenters. The van der Waals surface area contributed by atoms with Crippen molar-refractivity contribution in [2.45, 2.75) is 102 Å². The van der Waals surface area contributed by atoms with Crippen LogP contribution in [-0.2, 0) is 24.3 Å². The fourth-order valence-electron chi connectivity index (χ4n) is 7.65. The second-order valence-corrected chi connectivity index (χ2v) is 13.1. The van der Waals surface area contributed by atoms with Crippen LogP contribution < -0.4 is 10.4 Å². The molecule has 5 saturated carbocycles. The molecule has 2 spiro atoms. The molecule has 1 saturated heterocycles. The highest BCUT2D eigenvalue weighted by Crippen LogP contribution is 2.61. The maximum absolute atomic E-state index is 13.4. The van der Waals surface area contributed by atoms with Gasteiger partial charge in [0, 0.05) is 43.3 Å². The van der Waals surface area contributed by atoms with Crippen molar-refractivity contribution in [1.82, 2.24) is 15.4 Å². The Labute approximate surface area is 238 Å². The number of nitriles is 1. The average molecular weight is 605 g/mol. The molecule has 0 radical (unpaired) electrons. The maximum Gasteiger partial charge on any atom is 0.241 e. The quantitative estimate of drug-likeness (QED) is 0.234. The lowest BCUT2D eigenvalue weighted by Crippen LogP contribution is -2.64. The molecule has 212 valence electrons. The van der Waals surface area contributed by atoms with Crippen molar-refractivity contribution in [3.05, 3.63) is 16.5 Å². The molecule has 1 N–H and O–H groups in total. The largest absolute Gasteiger partial charge is 0.273 e. The second kappa shape index (κ2) is 11.2. The van der Waals surface area contributed by atoms with E-state index in [4.69, 9.17) is 19.6 Å². The van der Waals surface area contributed by atoms with Crippen LogP contribution in [0.3, 0.4) is 0 Å². The van der Waals surface area contributed by atoms with Gasteiger partial charge in [0.05, 0.1) is 4.47 Å². The summed E-state index contributed by atoms with van der Waals surface area (Å²) in [4.78, 5) is 46.1. The molecule has 1 aromatic rings. The first-order valence-electron chi connectivity index (χ1n) is 14.7. The van der Waals surface area contributed by atoms with Gasteiger partial charge in [-0.25, -0.2) is 4.98 Å². The second-order valence-electron chi connectivity index (χ2n) is 12.2. The molecule has 1 aromatic heterocycles. The minimum absolute atomic E-state index is 0.0594. The lowest BCUT2D eigenvalue weighted by atomic mass is 9.53. The monoisotopic (exact) mass is 603 g/mol. The lowest BCUT2D eigenvalue weighted by molar-refractivity contribution is -0.680. The summed E-state index contributed by atoms with van der Waals surface area (Å²) >= 11 is 3.48. The Balaban J connectivity index is 1.06. The number of hydrogen-bond donors (Lipinski definition) is 1. The van der Waals surface area contributed by atoms with E-state index in [1.807, 2.05) is 6.07 Å². The molecule has 6 aliphatic rings. The first kappa shape index (κ1) is 27.3. The fourth-order valence-corrected chi connectivity index (χ4v) is 8.05. The predicted octanol–water partition coefficient (Wildman–Crippen LogP) is 5.48. The number of nitrogens with one attached hydrogen (secondary N) is 1. The topological polar surface area (TPSA) is 119 Å². The van der Waals surface area contributed by atoms with Crippen LogP contribution in [0.5, 0.6) is 0 Å². The number of carbonyl (C=O) groups is 1. The summed E-state index contributed by atoms with van der Waals surface area (Å²) in [5, 5.41) is 11.0. The Morgan fingerprint density at radius 2 is 1.74 bits per heavy atom. The maximum atomic E-state index is 13.4. The van der Waals surface area contributed by atoms with Crippen molar-refractivity contribution in [1.29, 1.82) is 5.26 Å². The highest BCUT2D eigenvalue weighted by molar-refractivity contribution is 9.10. The van der Waals surface area contributed by atoms with E-state index in [0.717, 1.165) is 63.2 Å². The van der Waals surface area contributed by atoms with Crippen LogP contribution in [0.2, 0.25) is 0 Å². The van der Waals surface area contributed by atoms with Gasteiger partial charge in [-0.15, -0.1) is 0 Å². The van der Waals surface area contributed by atoms with Gasteiger partial charge in [0.15, 0.2) is 5.82 Å². The zero-order valence-electron chi connectivity index (χ0n) is 22.6. The number of hydrogen-bond acceptors (Lipinski definition) is 9. The molecule has 11 heteroatoms. The van der Waals surface area contributed by atoms with Crippen LogP contribution in [0.15, 0.2) is 10.7 Å². The zero-order valence-corrected chi connectivity index (χ0v) is 24.2. The van der Waals surface area contributed by atoms with Crippen LogP contribution in [0.25, 0.3) is 0 Å². The van der Waals surface area contributed by atoms with Crippen LogP contribution in [0, 0.1) is 40.9 Å². The number of rotatable bonds is 8. The first-order valence-corrected chi connectivity index (χ1v) is 15.5. The van der Waals surface area contributed by atoms with Crippen molar-refractivity contribution in [3.63, 3.8) is 0 Å². The lowest BCUT2D eigenvalue weighted by Gasteiger charge is -2.60. The Morgan fingerprint density at radius 1 is 1.08 bits per heavy atom. The molecule has 1 aliphatic heterocycles. The number of hydrazine groups is 1. The van der Waals surface area contributed by atoms with E-state index in [0.29, 0.717) is 54.4 Å². The number of unbranched alkanes of at least 4 members (excludes halogenated alkanes) is 3. The fraction of sp³-hybridized carbons (Fsp3) is 0.786. The smallest absolute Gasteiger partial charge is 0.241 e. The SMILES string of the molecule is CCCCCCN(NC(=O)C1CCC2(CC1)OOC1(OO2)C2CC3CC(C2)CC1C3)c1nc(C#N)ncc1Br. The van der Waals surface area contributed by atoms with Gasteiger partial charge in [0.2, 0.25) is 23.3 Å². The van der Waals surface area contributed by atoms with Crippen molar-refractivity contribution in [3.8, 4) is 6.07 Å². The first-order chi connectivity index (χ1) is 18.9. The number of aromatic nitrogens is 2. The summed E-state index contributed by atoms with van der Waals surface area (Å²) in [6.45, 7) is 2.75. The van der Waals surface area contributed by atoms with Gasteiger partial charge in [0.1, 0.15) is 6.07 Å². The van der Waals surface area contributed by atoms with E-state index in [2.05, 4.69) is 38.2 Å². The van der Waals surface area contributed by atoms with E-state index in [1.54, 1.807) is 11.2 Å². The van der Waals surface area contributed by atoms with Crippen LogP contribution in [0.1, 0.15) is 96.2 Å². The van der Waals surface area contributed by atoms with Gasteiger partial charge >= 0.3 is 0 Å². The molecule has 7 rings (SSSR count). The molecule has 39 heavy (non-hydrogen) atoms. The minimum Gasteiger partial charge on any atom is -0.273 e. The number of carbonyl (C=O) groups excluding carboxylic acids is 1. The Bertz CT molecular complexity index is 1060. The van der Waals surface area contributed by atoms with Crippen molar-refractivity contribution >= 4 is 27.7 Å². The number of anilines is 1. The minimum atomic E-state index is -0.964. The van der Waals surface area contributed by atoms with E-state index >= 15 is 0 Å². The highest BCUT2D eigenvalue weighted by Gasteiger charge is 2.64. The van der Waals surface area contributed by atoms with Crippen molar-refractivity contribution < 1.29 is 24.3 Å². The average Bonchev–Trinajstić information content (AvgIpc) is 2.95. The molecule has 0 unspecified atom stereocenters. The molecular formula is C28H38BrN5O5. The van der Waals surface area contributed by atoms with E-state index in [-0.39, 0.29) is 17.6 Å². The summed E-state index contributed by atoms with van der Waals surface area (Å²) in [6, 6.07) is 1.98. The van der Waals surface area contributed by atoms with Crippen molar-refractivity contribution in [2.24, 2.45) is 29.6 Å². The molecule has 4 bridgehead atoms. The summed E-state index contributed by atoms with van der Waals surface area (Å²) in [7, 11) is 0. The number of nitrogens with zero attached hydrogens (tertiary/aromatic N) is 4. The molecular weight excluding hydrogens is 566 g/mol. The third-order valence-corrected chi connectivity index (χ3v) is 10.2. The van der Waals surface area contributed by atoms with Crippen LogP contribution in [0.4, 0.5) is 5.82 Å². The van der Waals surface area contributed by atoms with Crippen LogP contribution in [-0.4, -0.2) is 34.0 Å². The molecule has 6 fully saturated rings. The number of halogens is 1. The van der Waals surface area contributed by atoms with Gasteiger partial charge in [-0.3, -0.25) is 15.2 Å². The molecule has 2 heterocycles. The van der Waals surface area contributed by atoms with Gasteiger partial charge in [0.25, 0.3) is 0 Å². The zero-order chi connectivity index (χ0) is 27.0. The third kappa shape index (κ3) is 5.31.